The molecular formula is C17H21NO3. The predicted molar refractivity (Wildman–Crippen MR) is 81.1 cm³/mol. The summed E-state index contributed by atoms with van der Waals surface area (Å²) < 4.78 is 10.7. The lowest BCUT2D eigenvalue weighted by molar-refractivity contribution is -0.143. The summed E-state index contributed by atoms with van der Waals surface area (Å²) >= 11 is 0. The predicted octanol–water partition coefficient (Wildman–Crippen LogP) is 2.49. The molecule has 4 nitrogen and oxygen atoms in total. The number of rotatable bonds is 4. The van der Waals surface area contributed by atoms with E-state index in [1.54, 1.807) is 13.2 Å². The van der Waals surface area contributed by atoms with Crippen LogP contribution < -0.4 is 4.74 Å². The largest absolute Gasteiger partial charge is 0.497 e. The number of fused-ring (bicyclic) bond motifs is 1. The highest BCUT2D eigenvalue weighted by molar-refractivity contribution is 5.87. The average molecular weight is 287 g/mol. The first-order valence-electron chi connectivity index (χ1n) is 7.53. The molecule has 2 heterocycles. The van der Waals surface area contributed by atoms with E-state index in [-0.39, 0.29) is 12.1 Å². The van der Waals surface area contributed by atoms with Crippen molar-refractivity contribution in [2.24, 2.45) is 0 Å². The van der Waals surface area contributed by atoms with Crippen LogP contribution in [0.5, 0.6) is 5.75 Å². The summed E-state index contributed by atoms with van der Waals surface area (Å²) in [5.41, 5.74) is 0.960. The van der Waals surface area contributed by atoms with E-state index in [9.17, 15) is 4.79 Å². The van der Waals surface area contributed by atoms with Crippen LogP contribution in [-0.2, 0) is 9.53 Å². The van der Waals surface area contributed by atoms with Crippen molar-refractivity contribution < 1.29 is 14.3 Å². The number of nitrogens with zero attached hydrogens (tertiary/aromatic N) is 1. The van der Waals surface area contributed by atoms with Gasteiger partial charge in [0.05, 0.1) is 7.11 Å². The first kappa shape index (κ1) is 14.1. The number of benzene rings is 1. The quantitative estimate of drug-likeness (QED) is 0.630. The molecule has 0 N–H and O–H groups in total. The van der Waals surface area contributed by atoms with Crippen molar-refractivity contribution in [2.75, 3.05) is 20.2 Å². The molecule has 2 fully saturated rings. The molecule has 0 bridgehead atoms. The zero-order chi connectivity index (χ0) is 14.7. The maximum atomic E-state index is 11.9. The fraction of sp³-hybridized carbons (Fsp3) is 0.471. The molecule has 21 heavy (non-hydrogen) atoms. The number of methoxy groups -OCH3 is 1. The normalized spacial score (nSPS) is 25.2. The summed E-state index contributed by atoms with van der Waals surface area (Å²) in [5, 5.41) is 0. The van der Waals surface area contributed by atoms with Crippen molar-refractivity contribution in [2.45, 2.75) is 31.4 Å². The minimum absolute atomic E-state index is 0.0699. The number of esters is 1. The zero-order valence-electron chi connectivity index (χ0n) is 12.3. The Kier molecular flexibility index (Phi) is 4.25. The summed E-state index contributed by atoms with van der Waals surface area (Å²) in [6.07, 6.45) is 6.70. The summed E-state index contributed by atoms with van der Waals surface area (Å²) in [7, 11) is 1.64. The smallest absolute Gasteiger partial charge is 0.331 e. The first-order valence-corrected chi connectivity index (χ1v) is 7.53. The lowest BCUT2D eigenvalue weighted by Crippen LogP contribution is -2.31. The SMILES string of the molecule is COc1ccc(/C=C/C(=O)O[C@@H]2CCN3CCC[C@@H]23)cc1. The second-order valence-corrected chi connectivity index (χ2v) is 5.62. The standard InChI is InChI=1S/C17H21NO3/c1-20-14-7-4-13(5-8-14)6-9-17(19)21-16-10-12-18-11-2-3-15(16)18/h4-9,15-16H,2-3,10-12H2,1H3/b9-6+/t15-,16+/m0/s1. The van der Waals surface area contributed by atoms with Crippen LogP contribution in [0.15, 0.2) is 30.3 Å². The monoisotopic (exact) mass is 287 g/mol. The van der Waals surface area contributed by atoms with Gasteiger partial charge >= 0.3 is 5.97 Å². The molecule has 0 unspecified atom stereocenters. The van der Waals surface area contributed by atoms with Gasteiger partial charge in [-0.05, 0) is 49.6 Å². The van der Waals surface area contributed by atoms with E-state index in [4.69, 9.17) is 9.47 Å². The van der Waals surface area contributed by atoms with E-state index < -0.39 is 0 Å². The second kappa shape index (κ2) is 6.31. The number of hydrogen-bond donors (Lipinski definition) is 0. The lowest BCUT2D eigenvalue weighted by atomic mass is 10.1. The van der Waals surface area contributed by atoms with Gasteiger partial charge in [0.25, 0.3) is 0 Å². The molecule has 2 aliphatic rings. The number of carbonyl (C=O) groups is 1. The van der Waals surface area contributed by atoms with E-state index in [1.165, 1.54) is 12.5 Å². The van der Waals surface area contributed by atoms with Gasteiger partial charge in [-0.15, -0.1) is 0 Å². The van der Waals surface area contributed by atoms with Crippen molar-refractivity contribution in [1.29, 1.82) is 0 Å². The second-order valence-electron chi connectivity index (χ2n) is 5.62. The van der Waals surface area contributed by atoms with E-state index >= 15 is 0 Å². The highest BCUT2D eigenvalue weighted by atomic mass is 16.5. The minimum atomic E-state index is -0.246. The summed E-state index contributed by atoms with van der Waals surface area (Å²) in [6, 6.07) is 8.02. The zero-order valence-corrected chi connectivity index (χ0v) is 12.3. The van der Waals surface area contributed by atoms with Gasteiger partial charge < -0.3 is 9.47 Å². The average Bonchev–Trinajstić information content (AvgIpc) is 3.11. The van der Waals surface area contributed by atoms with E-state index in [0.717, 1.165) is 37.2 Å². The van der Waals surface area contributed by atoms with Gasteiger partial charge in [-0.1, -0.05) is 12.1 Å². The third-order valence-corrected chi connectivity index (χ3v) is 4.34. The third kappa shape index (κ3) is 3.27. The van der Waals surface area contributed by atoms with Crippen LogP contribution in [0, 0.1) is 0 Å². The van der Waals surface area contributed by atoms with Gasteiger partial charge in [0.2, 0.25) is 0 Å². The number of hydrogen-bond acceptors (Lipinski definition) is 4. The van der Waals surface area contributed by atoms with E-state index in [0.29, 0.717) is 6.04 Å². The van der Waals surface area contributed by atoms with Crippen molar-refractivity contribution in [1.82, 2.24) is 4.90 Å². The van der Waals surface area contributed by atoms with Gasteiger partial charge in [0, 0.05) is 18.7 Å². The summed E-state index contributed by atoms with van der Waals surface area (Å²) in [5.74, 6) is 0.562. The van der Waals surface area contributed by atoms with Crippen molar-refractivity contribution in [3.05, 3.63) is 35.9 Å². The molecule has 2 saturated heterocycles. The van der Waals surface area contributed by atoms with E-state index in [2.05, 4.69) is 4.90 Å². The maximum absolute atomic E-state index is 11.9. The number of carbonyl (C=O) groups excluding carboxylic acids is 1. The molecule has 2 atom stereocenters. The molecule has 1 aromatic rings. The van der Waals surface area contributed by atoms with Crippen molar-refractivity contribution in [3.63, 3.8) is 0 Å². The third-order valence-electron chi connectivity index (χ3n) is 4.34. The van der Waals surface area contributed by atoms with Crippen LogP contribution in [0.1, 0.15) is 24.8 Å². The molecule has 1 aromatic carbocycles. The molecule has 0 spiro atoms. The molecule has 3 rings (SSSR count). The Bertz CT molecular complexity index is 523. The Hall–Kier alpha value is -1.81. The lowest BCUT2D eigenvalue weighted by Gasteiger charge is -2.19. The molecule has 0 aromatic heterocycles. The van der Waals surface area contributed by atoms with Crippen LogP contribution in [0.3, 0.4) is 0 Å². The van der Waals surface area contributed by atoms with Gasteiger partial charge in [-0.3, -0.25) is 4.90 Å². The maximum Gasteiger partial charge on any atom is 0.331 e. The fourth-order valence-corrected chi connectivity index (χ4v) is 3.24. The minimum Gasteiger partial charge on any atom is -0.497 e. The highest BCUT2D eigenvalue weighted by Crippen LogP contribution is 2.30. The van der Waals surface area contributed by atoms with E-state index in [1.807, 2.05) is 24.3 Å². The first-order chi connectivity index (χ1) is 10.3. The Morgan fingerprint density at radius 2 is 2.05 bits per heavy atom. The van der Waals surface area contributed by atoms with Crippen molar-refractivity contribution >= 4 is 12.0 Å². The summed E-state index contributed by atoms with van der Waals surface area (Å²) in [6.45, 7) is 2.21. The van der Waals surface area contributed by atoms with Crippen LogP contribution in [0.2, 0.25) is 0 Å². The molecule has 0 saturated carbocycles. The van der Waals surface area contributed by atoms with Gasteiger partial charge in [-0.25, -0.2) is 4.79 Å². The van der Waals surface area contributed by atoms with Crippen molar-refractivity contribution in [3.8, 4) is 5.75 Å². The molecule has 112 valence electrons. The Morgan fingerprint density at radius 1 is 1.24 bits per heavy atom. The van der Waals surface area contributed by atoms with Crippen LogP contribution in [-0.4, -0.2) is 43.2 Å². The topological polar surface area (TPSA) is 38.8 Å². The Balaban J connectivity index is 1.54. The number of ether oxygens (including phenoxy) is 2. The Morgan fingerprint density at radius 3 is 2.81 bits per heavy atom. The Labute approximate surface area is 125 Å². The molecule has 2 aliphatic heterocycles. The van der Waals surface area contributed by atoms with Crippen LogP contribution in [0.25, 0.3) is 6.08 Å². The summed E-state index contributed by atoms with van der Waals surface area (Å²) in [4.78, 5) is 14.4. The molecule has 4 heteroatoms. The van der Waals surface area contributed by atoms with Gasteiger partial charge in [-0.2, -0.15) is 0 Å². The molecule has 0 aliphatic carbocycles. The van der Waals surface area contributed by atoms with Gasteiger partial charge in [0.1, 0.15) is 11.9 Å². The fourth-order valence-electron chi connectivity index (χ4n) is 3.24. The highest BCUT2D eigenvalue weighted by Gasteiger charge is 2.39. The molecule has 0 amide bonds. The van der Waals surface area contributed by atoms with Crippen LogP contribution in [0.4, 0.5) is 0 Å². The van der Waals surface area contributed by atoms with Gasteiger partial charge in [0.15, 0.2) is 0 Å². The van der Waals surface area contributed by atoms with Crippen LogP contribution >= 0.6 is 0 Å². The molecular weight excluding hydrogens is 266 g/mol. The molecule has 0 radical (unpaired) electrons.